The maximum absolute atomic E-state index is 9.70. The zero-order valence-electron chi connectivity index (χ0n) is 8.67. The Bertz CT molecular complexity index is 173. The van der Waals surface area contributed by atoms with E-state index in [-0.39, 0.29) is 25.2 Å². The van der Waals surface area contributed by atoms with Crippen LogP contribution in [-0.2, 0) is 0 Å². The molecular formula is C9H20N2O3. The largest absolute Gasteiger partial charge is 0.395 e. The summed E-state index contributed by atoms with van der Waals surface area (Å²) >= 11 is 0. The molecule has 1 saturated heterocycles. The average molecular weight is 204 g/mol. The SMILES string of the molecule is CC(C)N1C(CO)[C@@H](O)C(O)[C@H]1CN. The highest BCUT2D eigenvalue weighted by Crippen LogP contribution is 2.26. The molecule has 0 bridgehead atoms. The molecule has 1 aliphatic heterocycles. The minimum atomic E-state index is -0.907. The molecule has 0 aliphatic carbocycles. The van der Waals surface area contributed by atoms with Crippen LogP contribution in [0.1, 0.15) is 13.8 Å². The quantitative estimate of drug-likeness (QED) is 0.432. The third kappa shape index (κ3) is 1.78. The van der Waals surface area contributed by atoms with Crippen molar-refractivity contribution in [3.05, 3.63) is 0 Å². The van der Waals surface area contributed by atoms with Crippen molar-refractivity contribution in [2.75, 3.05) is 13.2 Å². The summed E-state index contributed by atoms with van der Waals surface area (Å²) in [5.41, 5.74) is 5.54. The molecule has 1 heterocycles. The van der Waals surface area contributed by atoms with Crippen LogP contribution in [0.4, 0.5) is 0 Å². The maximum Gasteiger partial charge on any atom is 0.0992 e. The first-order valence-corrected chi connectivity index (χ1v) is 4.99. The van der Waals surface area contributed by atoms with E-state index in [0.29, 0.717) is 0 Å². The van der Waals surface area contributed by atoms with E-state index in [9.17, 15) is 10.2 Å². The van der Waals surface area contributed by atoms with Crippen molar-refractivity contribution >= 4 is 0 Å². The lowest BCUT2D eigenvalue weighted by molar-refractivity contribution is 0.0172. The van der Waals surface area contributed by atoms with E-state index in [4.69, 9.17) is 10.8 Å². The Balaban J connectivity index is 2.85. The molecule has 0 aromatic rings. The first kappa shape index (κ1) is 11.9. The maximum atomic E-state index is 9.70. The number of hydrogen-bond donors (Lipinski definition) is 4. The Morgan fingerprint density at radius 1 is 1.21 bits per heavy atom. The summed E-state index contributed by atoms with van der Waals surface area (Å²) in [5.74, 6) is 0. The van der Waals surface area contributed by atoms with Crippen LogP contribution < -0.4 is 5.73 Å². The Labute approximate surface area is 84.1 Å². The predicted octanol–water partition coefficient (Wildman–Crippen LogP) is -1.88. The van der Waals surface area contributed by atoms with Gasteiger partial charge in [0.15, 0.2) is 0 Å². The fourth-order valence-electron chi connectivity index (χ4n) is 2.28. The van der Waals surface area contributed by atoms with E-state index < -0.39 is 18.2 Å². The molecule has 5 heteroatoms. The van der Waals surface area contributed by atoms with Crippen LogP contribution in [0, 0.1) is 0 Å². The molecule has 5 N–H and O–H groups in total. The molecule has 1 aliphatic rings. The fraction of sp³-hybridized carbons (Fsp3) is 1.00. The first-order valence-electron chi connectivity index (χ1n) is 4.99. The molecule has 1 fully saturated rings. The number of nitrogens with zero attached hydrogens (tertiary/aromatic N) is 1. The number of aliphatic hydroxyl groups is 3. The summed E-state index contributed by atoms with van der Waals surface area (Å²) in [6.07, 6.45) is -1.77. The van der Waals surface area contributed by atoms with Gasteiger partial charge in [-0.15, -0.1) is 0 Å². The van der Waals surface area contributed by atoms with E-state index in [1.807, 2.05) is 18.7 Å². The van der Waals surface area contributed by atoms with Gasteiger partial charge in [0.1, 0.15) is 0 Å². The monoisotopic (exact) mass is 204 g/mol. The van der Waals surface area contributed by atoms with Gasteiger partial charge in [-0.05, 0) is 13.8 Å². The van der Waals surface area contributed by atoms with E-state index in [1.165, 1.54) is 0 Å². The van der Waals surface area contributed by atoms with Crippen molar-refractivity contribution in [2.24, 2.45) is 5.73 Å². The lowest BCUT2D eigenvalue weighted by Crippen LogP contribution is -2.48. The Hall–Kier alpha value is -0.200. The van der Waals surface area contributed by atoms with Crippen LogP contribution in [-0.4, -0.2) is 63.7 Å². The van der Waals surface area contributed by atoms with Crippen LogP contribution in [0.25, 0.3) is 0 Å². The number of hydrogen-bond acceptors (Lipinski definition) is 5. The van der Waals surface area contributed by atoms with Crippen molar-refractivity contribution in [1.82, 2.24) is 4.90 Å². The molecule has 1 rings (SSSR count). The molecule has 2 unspecified atom stereocenters. The van der Waals surface area contributed by atoms with Gasteiger partial charge >= 0.3 is 0 Å². The number of likely N-dealkylation sites (tertiary alicyclic amines) is 1. The van der Waals surface area contributed by atoms with Gasteiger partial charge in [-0.2, -0.15) is 0 Å². The normalized spacial score (nSPS) is 39.6. The van der Waals surface area contributed by atoms with E-state index in [0.717, 1.165) is 0 Å². The number of rotatable bonds is 3. The van der Waals surface area contributed by atoms with Gasteiger partial charge in [0.2, 0.25) is 0 Å². The second-order valence-electron chi connectivity index (χ2n) is 4.08. The Morgan fingerprint density at radius 2 is 1.71 bits per heavy atom. The van der Waals surface area contributed by atoms with Crippen molar-refractivity contribution in [2.45, 2.75) is 44.2 Å². The minimum Gasteiger partial charge on any atom is -0.395 e. The molecule has 0 spiro atoms. The van der Waals surface area contributed by atoms with Crippen LogP contribution >= 0.6 is 0 Å². The zero-order chi connectivity index (χ0) is 10.9. The van der Waals surface area contributed by atoms with Gasteiger partial charge in [-0.1, -0.05) is 0 Å². The molecule has 14 heavy (non-hydrogen) atoms. The van der Waals surface area contributed by atoms with Crippen LogP contribution in [0.2, 0.25) is 0 Å². The van der Waals surface area contributed by atoms with Gasteiger partial charge in [0.05, 0.1) is 30.9 Å². The van der Waals surface area contributed by atoms with Gasteiger partial charge in [0, 0.05) is 12.6 Å². The highest BCUT2D eigenvalue weighted by molar-refractivity contribution is 5.02. The summed E-state index contributed by atoms with van der Waals surface area (Å²) in [6.45, 7) is 4.03. The van der Waals surface area contributed by atoms with Crippen molar-refractivity contribution < 1.29 is 15.3 Å². The van der Waals surface area contributed by atoms with E-state index >= 15 is 0 Å². The minimum absolute atomic E-state index is 0.146. The second-order valence-corrected chi connectivity index (χ2v) is 4.08. The molecule has 0 amide bonds. The smallest absolute Gasteiger partial charge is 0.0992 e. The molecule has 4 atom stereocenters. The lowest BCUT2D eigenvalue weighted by atomic mass is 10.1. The van der Waals surface area contributed by atoms with Crippen molar-refractivity contribution in [3.63, 3.8) is 0 Å². The summed E-state index contributed by atoms with van der Waals surface area (Å²) < 4.78 is 0. The van der Waals surface area contributed by atoms with Crippen molar-refractivity contribution in [3.8, 4) is 0 Å². The summed E-state index contributed by atoms with van der Waals surface area (Å²) in [4.78, 5) is 1.88. The van der Waals surface area contributed by atoms with E-state index in [1.54, 1.807) is 0 Å². The van der Waals surface area contributed by atoms with Gasteiger partial charge < -0.3 is 21.1 Å². The number of aliphatic hydroxyl groups excluding tert-OH is 3. The molecular weight excluding hydrogens is 184 g/mol. The molecule has 84 valence electrons. The van der Waals surface area contributed by atoms with Gasteiger partial charge in [-0.3, -0.25) is 4.90 Å². The third-order valence-electron chi connectivity index (χ3n) is 2.93. The van der Waals surface area contributed by atoms with Crippen LogP contribution in [0.5, 0.6) is 0 Å². The molecule has 0 radical (unpaired) electrons. The first-order chi connectivity index (χ1) is 6.54. The second kappa shape index (κ2) is 4.55. The van der Waals surface area contributed by atoms with Gasteiger partial charge in [-0.25, -0.2) is 0 Å². The average Bonchev–Trinajstić information content (AvgIpc) is 2.39. The third-order valence-corrected chi connectivity index (χ3v) is 2.93. The predicted molar refractivity (Wildman–Crippen MR) is 52.7 cm³/mol. The Kier molecular flexibility index (Phi) is 3.86. The number of nitrogens with two attached hydrogens (primary N) is 1. The molecule has 0 aromatic heterocycles. The highest BCUT2D eigenvalue weighted by Gasteiger charge is 2.47. The summed E-state index contributed by atoms with van der Waals surface area (Å²) in [5, 5.41) is 28.5. The topological polar surface area (TPSA) is 90.0 Å². The van der Waals surface area contributed by atoms with Crippen LogP contribution in [0.15, 0.2) is 0 Å². The summed E-state index contributed by atoms with van der Waals surface area (Å²) in [7, 11) is 0. The summed E-state index contributed by atoms with van der Waals surface area (Å²) in [6, 6.07) is -0.520. The van der Waals surface area contributed by atoms with Gasteiger partial charge in [0.25, 0.3) is 0 Å². The molecule has 5 nitrogen and oxygen atoms in total. The molecule has 0 aromatic carbocycles. The Morgan fingerprint density at radius 3 is 2.07 bits per heavy atom. The van der Waals surface area contributed by atoms with E-state index in [2.05, 4.69) is 0 Å². The van der Waals surface area contributed by atoms with Crippen molar-refractivity contribution in [1.29, 1.82) is 0 Å². The van der Waals surface area contributed by atoms with Crippen LogP contribution in [0.3, 0.4) is 0 Å². The fourth-order valence-corrected chi connectivity index (χ4v) is 2.28. The standard InChI is InChI=1S/C9H20N2O3/c1-5(2)11-6(3-10)8(13)9(14)7(11)4-12/h5-9,12-14H,3-4,10H2,1-2H3/t6-,7?,8?,9-/m1/s1. The molecule has 0 saturated carbocycles. The lowest BCUT2D eigenvalue weighted by Gasteiger charge is -2.32. The highest BCUT2D eigenvalue weighted by atomic mass is 16.3. The zero-order valence-corrected chi connectivity index (χ0v) is 8.67.